The largest absolute Gasteiger partial charge is 0.416 e. The van der Waals surface area contributed by atoms with Crippen molar-refractivity contribution in [3.05, 3.63) is 43.9 Å². The van der Waals surface area contributed by atoms with Gasteiger partial charge < -0.3 is 0 Å². The molecule has 0 N–H and O–H groups in total. The summed E-state index contributed by atoms with van der Waals surface area (Å²) in [6.07, 6.45) is -4.49. The molecule has 3 nitrogen and oxygen atoms in total. The van der Waals surface area contributed by atoms with Crippen LogP contribution < -0.4 is 0 Å². The molecule has 0 radical (unpaired) electrons. The maximum absolute atomic E-state index is 12.3. The molecule has 0 aliphatic heterocycles. The highest BCUT2D eigenvalue weighted by Gasteiger charge is 2.31. The molecule has 7 heteroatoms. The monoisotopic (exact) mass is 283 g/mol. The SMILES string of the molecule is O=[N+]([O-])Cc1cc(Br)cc(C(F)(F)F)c1. The van der Waals surface area contributed by atoms with Crippen molar-refractivity contribution in [2.45, 2.75) is 12.7 Å². The fourth-order valence-corrected chi connectivity index (χ4v) is 1.60. The van der Waals surface area contributed by atoms with Crippen molar-refractivity contribution >= 4 is 15.9 Å². The minimum Gasteiger partial charge on any atom is -0.264 e. The zero-order valence-electron chi connectivity index (χ0n) is 7.21. The van der Waals surface area contributed by atoms with E-state index in [0.29, 0.717) is 0 Å². The molecular formula is C8H5BrF3NO2. The molecule has 0 bridgehead atoms. The second-order valence-corrected chi connectivity index (χ2v) is 3.75. The molecule has 82 valence electrons. The Bertz CT molecular complexity index is 392. The highest BCUT2D eigenvalue weighted by Crippen LogP contribution is 2.32. The molecule has 15 heavy (non-hydrogen) atoms. The van der Waals surface area contributed by atoms with Crippen molar-refractivity contribution in [3.63, 3.8) is 0 Å². The van der Waals surface area contributed by atoms with E-state index in [-0.39, 0.29) is 10.0 Å². The summed E-state index contributed by atoms with van der Waals surface area (Å²) in [4.78, 5) is 9.47. The maximum Gasteiger partial charge on any atom is 0.416 e. The summed E-state index contributed by atoms with van der Waals surface area (Å²) in [5, 5.41) is 10.1. The third kappa shape index (κ3) is 3.50. The van der Waals surface area contributed by atoms with Gasteiger partial charge in [0.25, 0.3) is 0 Å². The van der Waals surface area contributed by atoms with Crippen LogP contribution in [0, 0.1) is 10.1 Å². The molecule has 0 aromatic heterocycles. The van der Waals surface area contributed by atoms with Crippen LogP contribution in [-0.4, -0.2) is 4.92 Å². The first-order chi connectivity index (χ1) is 6.79. The van der Waals surface area contributed by atoms with E-state index >= 15 is 0 Å². The highest BCUT2D eigenvalue weighted by molar-refractivity contribution is 9.10. The Morgan fingerprint density at radius 3 is 2.40 bits per heavy atom. The van der Waals surface area contributed by atoms with E-state index in [0.717, 1.165) is 12.1 Å². The van der Waals surface area contributed by atoms with E-state index in [4.69, 9.17) is 0 Å². The van der Waals surface area contributed by atoms with Gasteiger partial charge in [0.05, 0.1) is 5.56 Å². The van der Waals surface area contributed by atoms with Gasteiger partial charge in [-0.1, -0.05) is 15.9 Å². The number of benzene rings is 1. The van der Waals surface area contributed by atoms with Crippen LogP contribution in [0.3, 0.4) is 0 Å². The molecule has 0 saturated carbocycles. The number of halogens is 4. The molecule has 0 amide bonds. The van der Waals surface area contributed by atoms with Gasteiger partial charge in [-0.25, -0.2) is 0 Å². The van der Waals surface area contributed by atoms with Crippen molar-refractivity contribution in [3.8, 4) is 0 Å². The Hall–Kier alpha value is -1.11. The molecule has 0 heterocycles. The first kappa shape index (κ1) is 12.0. The Balaban J connectivity index is 3.11. The molecule has 0 aliphatic carbocycles. The fraction of sp³-hybridized carbons (Fsp3) is 0.250. The first-order valence-electron chi connectivity index (χ1n) is 3.77. The number of hydrogen-bond donors (Lipinski definition) is 0. The molecule has 0 aliphatic rings. The van der Waals surface area contributed by atoms with Gasteiger partial charge in [0, 0.05) is 15.0 Å². The predicted molar refractivity (Wildman–Crippen MR) is 49.8 cm³/mol. The normalized spacial score (nSPS) is 11.5. The number of alkyl halides is 3. The highest BCUT2D eigenvalue weighted by atomic mass is 79.9. The molecule has 0 saturated heterocycles. The molecule has 1 rings (SSSR count). The third-order valence-electron chi connectivity index (χ3n) is 1.60. The molecule has 0 unspecified atom stereocenters. The van der Waals surface area contributed by atoms with E-state index in [1.807, 2.05) is 0 Å². The lowest BCUT2D eigenvalue weighted by molar-refractivity contribution is -0.496. The van der Waals surface area contributed by atoms with Crippen LogP contribution in [0.2, 0.25) is 0 Å². The average molecular weight is 284 g/mol. The van der Waals surface area contributed by atoms with E-state index < -0.39 is 23.2 Å². The van der Waals surface area contributed by atoms with Gasteiger partial charge in [-0.2, -0.15) is 13.2 Å². The Kier molecular flexibility index (Phi) is 3.33. The second-order valence-electron chi connectivity index (χ2n) is 2.84. The summed E-state index contributed by atoms with van der Waals surface area (Å²) < 4.78 is 37.1. The van der Waals surface area contributed by atoms with Crippen LogP contribution in [-0.2, 0) is 12.7 Å². The van der Waals surface area contributed by atoms with Gasteiger partial charge in [-0.05, 0) is 18.2 Å². The molecule has 1 aromatic rings. The van der Waals surface area contributed by atoms with Gasteiger partial charge in [-0.15, -0.1) is 0 Å². The van der Waals surface area contributed by atoms with Crippen LogP contribution in [0.15, 0.2) is 22.7 Å². The summed E-state index contributed by atoms with van der Waals surface area (Å²) in [7, 11) is 0. The topological polar surface area (TPSA) is 43.1 Å². The summed E-state index contributed by atoms with van der Waals surface area (Å²) in [5.41, 5.74) is -0.879. The number of nitro groups is 1. The van der Waals surface area contributed by atoms with E-state index in [2.05, 4.69) is 15.9 Å². The average Bonchev–Trinajstić information content (AvgIpc) is 1.99. The summed E-state index contributed by atoms with van der Waals surface area (Å²) in [5.74, 6) is 0. The van der Waals surface area contributed by atoms with Gasteiger partial charge in [0.2, 0.25) is 6.54 Å². The second kappa shape index (κ2) is 4.18. The zero-order chi connectivity index (χ0) is 11.6. The van der Waals surface area contributed by atoms with Crippen molar-refractivity contribution in [2.24, 2.45) is 0 Å². The maximum atomic E-state index is 12.3. The molecular weight excluding hydrogens is 279 g/mol. The Morgan fingerprint density at radius 2 is 1.93 bits per heavy atom. The zero-order valence-corrected chi connectivity index (χ0v) is 8.80. The fourth-order valence-electron chi connectivity index (χ4n) is 1.05. The predicted octanol–water partition coefficient (Wildman–Crippen LogP) is 3.24. The number of rotatable bonds is 2. The van der Waals surface area contributed by atoms with Crippen LogP contribution in [0.5, 0.6) is 0 Å². The minimum absolute atomic E-state index is 0.0155. The smallest absolute Gasteiger partial charge is 0.264 e. The van der Waals surface area contributed by atoms with Crippen molar-refractivity contribution in [1.29, 1.82) is 0 Å². The van der Waals surface area contributed by atoms with Gasteiger partial charge in [0.15, 0.2) is 0 Å². The Morgan fingerprint density at radius 1 is 1.33 bits per heavy atom. The van der Waals surface area contributed by atoms with Crippen molar-refractivity contribution in [2.75, 3.05) is 0 Å². The van der Waals surface area contributed by atoms with E-state index in [1.165, 1.54) is 6.07 Å². The van der Waals surface area contributed by atoms with Gasteiger partial charge >= 0.3 is 6.18 Å². The lowest BCUT2D eigenvalue weighted by Gasteiger charge is -2.08. The molecule has 0 spiro atoms. The summed E-state index contributed by atoms with van der Waals surface area (Å²) in [6.45, 7) is -0.622. The standard InChI is InChI=1S/C8H5BrF3NO2/c9-7-2-5(4-13(14)15)1-6(3-7)8(10,11)12/h1-3H,4H2. The summed E-state index contributed by atoms with van der Waals surface area (Å²) >= 11 is 2.87. The van der Waals surface area contributed by atoms with Crippen LogP contribution in [0.4, 0.5) is 13.2 Å². The minimum atomic E-state index is -4.49. The molecule has 0 fully saturated rings. The quantitative estimate of drug-likeness (QED) is 0.618. The number of hydrogen-bond acceptors (Lipinski definition) is 2. The van der Waals surface area contributed by atoms with Crippen molar-refractivity contribution in [1.82, 2.24) is 0 Å². The third-order valence-corrected chi connectivity index (χ3v) is 2.05. The lowest BCUT2D eigenvalue weighted by Crippen LogP contribution is -2.07. The lowest BCUT2D eigenvalue weighted by atomic mass is 10.1. The van der Waals surface area contributed by atoms with E-state index in [1.54, 1.807) is 0 Å². The van der Waals surface area contributed by atoms with Crippen LogP contribution in [0.25, 0.3) is 0 Å². The molecule has 1 aromatic carbocycles. The number of nitrogens with zero attached hydrogens (tertiary/aromatic N) is 1. The Labute approximate surface area is 91.2 Å². The van der Waals surface area contributed by atoms with Crippen molar-refractivity contribution < 1.29 is 18.1 Å². The van der Waals surface area contributed by atoms with E-state index in [9.17, 15) is 23.3 Å². The van der Waals surface area contributed by atoms with Crippen LogP contribution in [0.1, 0.15) is 11.1 Å². The van der Waals surface area contributed by atoms with Gasteiger partial charge in [-0.3, -0.25) is 10.1 Å². The first-order valence-corrected chi connectivity index (χ1v) is 4.57. The van der Waals surface area contributed by atoms with Gasteiger partial charge in [0.1, 0.15) is 0 Å². The summed E-state index contributed by atoms with van der Waals surface area (Å²) in [6, 6.07) is 2.94. The molecule has 0 atom stereocenters. The van der Waals surface area contributed by atoms with Crippen LogP contribution >= 0.6 is 15.9 Å².